The van der Waals surface area contributed by atoms with Gasteiger partial charge in [-0.3, -0.25) is 0 Å². The molecule has 0 aromatic heterocycles. The van der Waals surface area contributed by atoms with Crippen LogP contribution in [-0.4, -0.2) is 25.4 Å². The lowest BCUT2D eigenvalue weighted by Gasteiger charge is -2.15. The number of nitrogens with one attached hydrogen (secondary N) is 1. The Morgan fingerprint density at radius 1 is 1.20 bits per heavy atom. The second-order valence-corrected chi connectivity index (χ2v) is 6.73. The average Bonchev–Trinajstić information content (AvgIpc) is 2.55. The van der Waals surface area contributed by atoms with Crippen LogP contribution in [0.3, 0.4) is 0 Å². The fraction of sp³-hybridized carbons (Fsp3) is 0.294. The van der Waals surface area contributed by atoms with E-state index in [1.165, 1.54) is 0 Å². The second kappa shape index (κ2) is 11.1. The van der Waals surface area contributed by atoms with Crippen molar-refractivity contribution in [3.8, 4) is 11.5 Å². The standard InChI is InChI=1S/C17H18BrCl2NO3.ClH/c1-23-16-7-11(9-21-4-5-22)6-14(18)17(16)24-10-12-2-3-13(19)8-15(12)20;/h2-3,6-8,21-22H,4-5,9-10H2,1H3;1H. The van der Waals surface area contributed by atoms with Crippen LogP contribution in [0.1, 0.15) is 11.1 Å². The third kappa shape index (κ3) is 6.51. The summed E-state index contributed by atoms with van der Waals surface area (Å²) in [7, 11) is 1.59. The lowest BCUT2D eigenvalue weighted by molar-refractivity contribution is 0.282. The lowest BCUT2D eigenvalue weighted by atomic mass is 10.2. The molecule has 0 aliphatic heterocycles. The van der Waals surface area contributed by atoms with Gasteiger partial charge in [0.05, 0.1) is 18.2 Å². The molecule has 0 heterocycles. The zero-order valence-electron chi connectivity index (χ0n) is 13.5. The van der Waals surface area contributed by atoms with Crippen LogP contribution in [-0.2, 0) is 13.2 Å². The molecule has 0 amide bonds. The van der Waals surface area contributed by atoms with Gasteiger partial charge in [-0.25, -0.2) is 0 Å². The fourth-order valence-corrected chi connectivity index (χ4v) is 3.18. The van der Waals surface area contributed by atoms with Crippen molar-refractivity contribution in [3.63, 3.8) is 0 Å². The molecule has 0 atom stereocenters. The summed E-state index contributed by atoms with van der Waals surface area (Å²) < 4.78 is 12.1. The first-order valence-electron chi connectivity index (χ1n) is 7.30. The Morgan fingerprint density at radius 2 is 1.96 bits per heavy atom. The molecule has 0 saturated carbocycles. The third-order valence-electron chi connectivity index (χ3n) is 3.29. The number of ether oxygens (including phenoxy) is 2. The summed E-state index contributed by atoms with van der Waals surface area (Å²) in [6.07, 6.45) is 0. The van der Waals surface area contributed by atoms with E-state index in [1.807, 2.05) is 18.2 Å². The fourth-order valence-electron chi connectivity index (χ4n) is 2.12. The summed E-state index contributed by atoms with van der Waals surface area (Å²) in [5.41, 5.74) is 1.85. The molecule has 0 fully saturated rings. The number of rotatable bonds is 8. The van der Waals surface area contributed by atoms with Crippen molar-refractivity contribution in [1.82, 2.24) is 5.32 Å². The number of hydrogen-bond donors (Lipinski definition) is 2. The number of aliphatic hydroxyl groups excluding tert-OH is 1. The third-order valence-corrected chi connectivity index (χ3v) is 4.47. The average molecular weight is 472 g/mol. The summed E-state index contributed by atoms with van der Waals surface area (Å²) in [6, 6.07) is 9.14. The van der Waals surface area contributed by atoms with Crippen molar-refractivity contribution in [2.24, 2.45) is 0 Å². The molecule has 138 valence electrons. The maximum Gasteiger partial charge on any atom is 0.175 e. The van der Waals surface area contributed by atoms with E-state index in [4.69, 9.17) is 37.8 Å². The van der Waals surface area contributed by atoms with Gasteiger partial charge in [0.15, 0.2) is 11.5 Å². The van der Waals surface area contributed by atoms with Crippen molar-refractivity contribution < 1.29 is 14.6 Å². The van der Waals surface area contributed by atoms with Crippen LogP contribution < -0.4 is 14.8 Å². The molecule has 8 heteroatoms. The Morgan fingerprint density at radius 3 is 2.60 bits per heavy atom. The summed E-state index contributed by atoms with van der Waals surface area (Å²) in [6.45, 7) is 1.56. The molecule has 0 radical (unpaired) electrons. The van der Waals surface area contributed by atoms with Gasteiger partial charge in [-0.1, -0.05) is 29.3 Å². The second-order valence-electron chi connectivity index (χ2n) is 5.03. The molecule has 0 bridgehead atoms. The van der Waals surface area contributed by atoms with E-state index >= 15 is 0 Å². The van der Waals surface area contributed by atoms with Gasteiger partial charge in [0.2, 0.25) is 0 Å². The predicted octanol–water partition coefficient (Wildman–Crippen LogP) is 4.85. The van der Waals surface area contributed by atoms with E-state index in [-0.39, 0.29) is 19.0 Å². The molecule has 4 nitrogen and oxygen atoms in total. The smallest absolute Gasteiger partial charge is 0.175 e. The Bertz CT molecular complexity index is 701. The number of benzene rings is 2. The van der Waals surface area contributed by atoms with Crippen LogP contribution in [0.15, 0.2) is 34.8 Å². The molecular weight excluding hydrogens is 452 g/mol. The highest BCUT2D eigenvalue weighted by Gasteiger charge is 2.13. The van der Waals surface area contributed by atoms with E-state index in [0.717, 1.165) is 15.6 Å². The van der Waals surface area contributed by atoms with E-state index in [1.54, 1.807) is 19.2 Å². The summed E-state index contributed by atoms with van der Waals surface area (Å²) >= 11 is 15.6. The Hall–Kier alpha value is -0.690. The zero-order chi connectivity index (χ0) is 17.5. The first-order valence-corrected chi connectivity index (χ1v) is 8.84. The van der Waals surface area contributed by atoms with Crippen LogP contribution in [0.5, 0.6) is 11.5 Å². The molecule has 2 aromatic carbocycles. The van der Waals surface area contributed by atoms with Crippen molar-refractivity contribution in [2.75, 3.05) is 20.3 Å². The van der Waals surface area contributed by atoms with Gasteiger partial charge in [-0.05, 0) is 45.8 Å². The molecule has 0 saturated heterocycles. The van der Waals surface area contributed by atoms with Gasteiger partial charge in [-0.15, -0.1) is 12.4 Å². The quantitative estimate of drug-likeness (QED) is 0.541. The van der Waals surface area contributed by atoms with Crippen molar-refractivity contribution in [1.29, 1.82) is 0 Å². The number of methoxy groups -OCH3 is 1. The summed E-state index contributed by atoms with van der Waals surface area (Å²) in [4.78, 5) is 0. The van der Waals surface area contributed by atoms with Gasteiger partial charge in [-0.2, -0.15) is 0 Å². The topological polar surface area (TPSA) is 50.7 Å². The van der Waals surface area contributed by atoms with Gasteiger partial charge in [0, 0.05) is 28.7 Å². The molecule has 25 heavy (non-hydrogen) atoms. The Kier molecular flexibility index (Phi) is 9.94. The van der Waals surface area contributed by atoms with Gasteiger partial charge < -0.3 is 19.9 Å². The van der Waals surface area contributed by atoms with Gasteiger partial charge in [0.1, 0.15) is 6.61 Å². The monoisotopic (exact) mass is 469 g/mol. The van der Waals surface area contributed by atoms with Gasteiger partial charge >= 0.3 is 0 Å². The van der Waals surface area contributed by atoms with Crippen molar-refractivity contribution in [2.45, 2.75) is 13.2 Å². The minimum absolute atomic E-state index is 0. The number of aliphatic hydroxyl groups is 1. The number of halogens is 4. The Balaban J connectivity index is 0.00000312. The maximum absolute atomic E-state index is 8.83. The van der Waals surface area contributed by atoms with E-state index < -0.39 is 0 Å². The predicted molar refractivity (Wildman–Crippen MR) is 108 cm³/mol. The molecule has 0 aliphatic carbocycles. The number of hydrogen-bond acceptors (Lipinski definition) is 4. The largest absolute Gasteiger partial charge is 0.493 e. The Labute approximate surface area is 172 Å². The van der Waals surface area contributed by atoms with Crippen LogP contribution in [0.4, 0.5) is 0 Å². The first kappa shape index (κ1) is 22.4. The molecule has 0 unspecified atom stereocenters. The molecule has 2 N–H and O–H groups in total. The SMILES string of the molecule is COc1cc(CNCCO)cc(Br)c1OCc1ccc(Cl)cc1Cl.Cl. The lowest BCUT2D eigenvalue weighted by Crippen LogP contribution is -2.17. The molecular formula is C17H19BrCl3NO3. The van der Waals surface area contributed by atoms with Crippen molar-refractivity contribution in [3.05, 3.63) is 56.0 Å². The highest BCUT2D eigenvalue weighted by molar-refractivity contribution is 9.10. The maximum atomic E-state index is 8.83. The van der Waals surface area contributed by atoms with Crippen molar-refractivity contribution >= 4 is 51.5 Å². The minimum atomic E-state index is 0. The van der Waals surface area contributed by atoms with Gasteiger partial charge in [0.25, 0.3) is 0 Å². The first-order chi connectivity index (χ1) is 11.5. The minimum Gasteiger partial charge on any atom is -0.493 e. The van der Waals surface area contributed by atoms with Crippen LogP contribution >= 0.6 is 51.5 Å². The normalized spacial score (nSPS) is 10.3. The van der Waals surface area contributed by atoms with Crippen LogP contribution in [0, 0.1) is 0 Å². The molecule has 2 aromatic rings. The highest BCUT2D eigenvalue weighted by atomic mass is 79.9. The van der Waals surface area contributed by atoms with Crippen LogP contribution in [0.25, 0.3) is 0 Å². The molecule has 0 spiro atoms. The van der Waals surface area contributed by atoms with E-state index in [0.29, 0.717) is 41.2 Å². The van der Waals surface area contributed by atoms with E-state index in [9.17, 15) is 0 Å². The molecule has 0 aliphatic rings. The molecule has 2 rings (SSSR count). The highest BCUT2D eigenvalue weighted by Crippen LogP contribution is 2.37. The van der Waals surface area contributed by atoms with E-state index in [2.05, 4.69) is 21.2 Å². The summed E-state index contributed by atoms with van der Waals surface area (Å²) in [5, 5.41) is 13.1. The van der Waals surface area contributed by atoms with Crippen LogP contribution in [0.2, 0.25) is 10.0 Å². The zero-order valence-corrected chi connectivity index (χ0v) is 17.4. The summed E-state index contributed by atoms with van der Waals surface area (Å²) in [5.74, 6) is 1.23.